The molecule has 2 aliphatic rings. The SMILES string of the molecule is CCC(C(=O)O)c1ccc2c(c1)C(=C1CCN(C)CC1)c1sccc1CO2. The van der Waals surface area contributed by atoms with E-state index in [4.69, 9.17) is 4.74 Å². The van der Waals surface area contributed by atoms with Crippen LogP contribution in [0.4, 0.5) is 0 Å². The van der Waals surface area contributed by atoms with Gasteiger partial charge in [-0.15, -0.1) is 11.3 Å². The summed E-state index contributed by atoms with van der Waals surface area (Å²) in [6.07, 6.45) is 2.67. The number of benzene rings is 1. The second-order valence-electron chi connectivity index (χ2n) is 7.40. The maximum atomic E-state index is 11.7. The van der Waals surface area contributed by atoms with Gasteiger partial charge < -0.3 is 14.7 Å². The van der Waals surface area contributed by atoms with Crippen LogP contribution in [0, 0.1) is 0 Å². The Balaban J connectivity index is 1.89. The number of carbonyl (C=O) groups is 1. The van der Waals surface area contributed by atoms with Gasteiger partial charge in [-0.05, 0) is 55.5 Å². The van der Waals surface area contributed by atoms with E-state index in [1.165, 1.54) is 21.6 Å². The minimum absolute atomic E-state index is 0.481. The summed E-state index contributed by atoms with van der Waals surface area (Å²) in [6.45, 7) is 4.61. The molecule has 1 fully saturated rings. The Bertz CT molecular complexity index is 889. The number of aliphatic carboxylic acids is 1. The molecular weight excluding hydrogens is 358 g/mol. The molecule has 0 aliphatic carbocycles. The molecule has 1 unspecified atom stereocenters. The molecule has 1 N–H and O–H groups in total. The molecule has 1 aromatic heterocycles. The fourth-order valence-corrected chi connectivity index (χ4v) is 5.09. The quantitative estimate of drug-likeness (QED) is 0.831. The Labute approximate surface area is 164 Å². The van der Waals surface area contributed by atoms with Crippen molar-refractivity contribution in [1.29, 1.82) is 0 Å². The van der Waals surface area contributed by atoms with Crippen molar-refractivity contribution < 1.29 is 14.6 Å². The summed E-state index contributed by atoms with van der Waals surface area (Å²) in [5.41, 5.74) is 5.89. The molecule has 2 aliphatic heterocycles. The second kappa shape index (κ2) is 7.49. The highest BCUT2D eigenvalue weighted by atomic mass is 32.1. The molecule has 5 heteroatoms. The molecule has 4 nitrogen and oxygen atoms in total. The zero-order chi connectivity index (χ0) is 19.0. The highest BCUT2D eigenvalue weighted by Crippen LogP contribution is 2.44. The van der Waals surface area contributed by atoms with Crippen LogP contribution in [0.3, 0.4) is 0 Å². The van der Waals surface area contributed by atoms with E-state index in [9.17, 15) is 9.90 Å². The number of piperidine rings is 1. The number of likely N-dealkylation sites (tertiary alicyclic amines) is 1. The van der Waals surface area contributed by atoms with Crippen LogP contribution in [-0.2, 0) is 11.4 Å². The van der Waals surface area contributed by atoms with Gasteiger partial charge in [0.15, 0.2) is 0 Å². The first kappa shape index (κ1) is 18.3. The summed E-state index contributed by atoms with van der Waals surface area (Å²) >= 11 is 1.76. The van der Waals surface area contributed by atoms with Crippen molar-refractivity contribution in [2.45, 2.75) is 38.7 Å². The van der Waals surface area contributed by atoms with Gasteiger partial charge in [0.1, 0.15) is 12.4 Å². The normalized spacial score (nSPS) is 18.3. The van der Waals surface area contributed by atoms with E-state index in [0.717, 1.165) is 42.8 Å². The van der Waals surface area contributed by atoms with Crippen LogP contribution in [-0.4, -0.2) is 36.1 Å². The van der Waals surface area contributed by atoms with Crippen molar-refractivity contribution in [3.63, 3.8) is 0 Å². The highest BCUT2D eigenvalue weighted by Gasteiger charge is 2.27. The minimum atomic E-state index is -0.766. The highest BCUT2D eigenvalue weighted by molar-refractivity contribution is 7.11. The van der Waals surface area contributed by atoms with Crippen LogP contribution in [0.15, 0.2) is 35.2 Å². The average molecular weight is 384 g/mol. The first-order valence-electron chi connectivity index (χ1n) is 9.55. The Kier molecular flexibility index (Phi) is 5.06. The summed E-state index contributed by atoms with van der Waals surface area (Å²) in [5.74, 6) is -0.383. The molecule has 0 amide bonds. The molecular formula is C22H25NO3S. The van der Waals surface area contributed by atoms with Gasteiger partial charge in [-0.2, -0.15) is 0 Å². The number of ether oxygens (including phenoxy) is 1. The van der Waals surface area contributed by atoms with Crippen molar-refractivity contribution in [2.24, 2.45) is 0 Å². The van der Waals surface area contributed by atoms with Crippen LogP contribution in [0.1, 0.15) is 53.7 Å². The number of hydrogen-bond acceptors (Lipinski definition) is 4. The Morgan fingerprint density at radius 2 is 2.07 bits per heavy atom. The van der Waals surface area contributed by atoms with Crippen molar-refractivity contribution in [2.75, 3.05) is 20.1 Å². The Morgan fingerprint density at radius 1 is 1.30 bits per heavy atom. The monoisotopic (exact) mass is 383 g/mol. The molecule has 142 valence electrons. The third kappa shape index (κ3) is 3.42. The summed E-state index contributed by atoms with van der Waals surface area (Å²) in [5, 5.41) is 11.7. The molecule has 4 rings (SSSR count). The van der Waals surface area contributed by atoms with Crippen LogP contribution in [0.25, 0.3) is 5.57 Å². The van der Waals surface area contributed by atoms with Crippen molar-refractivity contribution in [3.8, 4) is 5.75 Å². The molecule has 0 spiro atoms. The van der Waals surface area contributed by atoms with Gasteiger partial charge in [0.25, 0.3) is 0 Å². The number of rotatable bonds is 3. The van der Waals surface area contributed by atoms with E-state index >= 15 is 0 Å². The number of carboxylic acids is 1. The zero-order valence-electron chi connectivity index (χ0n) is 15.8. The van der Waals surface area contributed by atoms with Gasteiger partial charge in [0.2, 0.25) is 0 Å². The summed E-state index contributed by atoms with van der Waals surface area (Å²) in [7, 11) is 2.17. The molecule has 0 radical (unpaired) electrons. The van der Waals surface area contributed by atoms with Crippen molar-refractivity contribution in [1.82, 2.24) is 4.90 Å². The lowest BCUT2D eigenvalue weighted by Crippen LogP contribution is -2.26. The van der Waals surface area contributed by atoms with Gasteiger partial charge >= 0.3 is 5.97 Å². The first-order valence-corrected chi connectivity index (χ1v) is 10.4. The third-order valence-corrected chi connectivity index (χ3v) is 6.66. The molecule has 2 aromatic rings. The van der Waals surface area contributed by atoms with Crippen LogP contribution >= 0.6 is 11.3 Å². The van der Waals surface area contributed by atoms with E-state index < -0.39 is 11.9 Å². The molecule has 1 saturated heterocycles. The number of thiophene rings is 1. The summed E-state index contributed by atoms with van der Waals surface area (Å²) in [6, 6.07) is 8.08. The third-order valence-electron chi connectivity index (χ3n) is 5.68. The van der Waals surface area contributed by atoms with E-state index in [-0.39, 0.29) is 0 Å². The van der Waals surface area contributed by atoms with Gasteiger partial charge in [-0.1, -0.05) is 18.6 Å². The van der Waals surface area contributed by atoms with E-state index in [0.29, 0.717) is 13.0 Å². The lowest BCUT2D eigenvalue weighted by molar-refractivity contribution is -0.138. The fraction of sp³-hybridized carbons (Fsp3) is 0.409. The Hall–Kier alpha value is -2.11. The van der Waals surface area contributed by atoms with Crippen molar-refractivity contribution in [3.05, 3.63) is 56.8 Å². The predicted octanol–water partition coefficient (Wildman–Crippen LogP) is 4.75. The van der Waals surface area contributed by atoms with E-state index in [1.807, 2.05) is 19.1 Å². The first-order chi connectivity index (χ1) is 13.1. The maximum Gasteiger partial charge on any atom is 0.310 e. The molecule has 0 bridgehead atoms. The summed E-state index contributed by atoms with van der Waals surface area (Å²) < 4.78 is 6.12. The lowest BCUT2D eigenvalue weighted by Gasteiger charge is -2.27. The predicted molar refractivity (Wildman–Crippen MR) is 109 cm³/mol. The lowest BCUT2D eigenvalue weighted by atomic mass is 9.88. The van der Waals surface area contributed by atoms with E-state index in [2.05, 4.69) is 29.5 Å². The maximum absolute atomic E-state index is 11.7. The largest absolute Gasteiger partial charge is 0.488 e. The second-order valence-corrected chi connectivity index (χ2v) is 8.32. The molecule has 3 heterocycles. The number of carboxylic acid groups (broad SMARTS) is 1. The van der Waals surface area contributed by atoms with Gasteiger partial charge in [0, 0.05) is 34.7 Å². The summed E-state index contributed by atoms with van der Waals surface area (Å²) in [4.78, 5) is 15.3. The molecule has 0 saturated carbocycles. The Morgan fingerprint density at radius 3 is 2.78 bits per heavy atom. The number of nitrogens with zero attached hydrogens (tertiary/aromatic N) is 1. The molecule has 27 heavy (non-hydrogen) atoms. The minimum Gasteiger partial charge on any atom is -0.488 e. The van der Waals surface area contributed by atoms with E-state index in [1.54, 1.807) is 11.3 Å². The van der Waals surface area contributed by atoms with Crippen LogP contribution in [0.2, 0.25) is 0 Å². The molecule has 1 atom stereocenters. The smallest absolute Gasteiger partial charge is 0.310 e. The van der Waals surface area contributed by atoms with Crippen LogP contribution in [0.5, 0.6) is 5.75 Å². The standard InChI is InChI=1S/C22H25NO3S/c1-3-17(22(24)25)15-4-5-19-18(12-15)20(14-6-9-23(2)10-7-14)21-16(13-26-19)8-11-27-21/h4-5,8,11-12,17H,3,6-7,9-10,13H2,1-2H3,(H,24,25). The van der Waals surface area contributed by atoms with Crippen LogP contribution < -0.4 is 4.74 Å². The van der Waals surface area contributed by atoms with Gasteiger partial charge in [0.05, 0.1) is 5.92 Å². The number of hydrogen-bond donors (Lipinski definition) is 1. The molecule has 1 aromatic carbocycles. The topological polar surface area (TPSA) is 49.8 Å². The average Bonchev–Trinajstić information content (AvgIpc) is 3.05. The van der Waals surface area contributed by atoms with Gasteiger partial charge in [-0.3, -0.25) is 4.79 Å². The zero-order valence-corrected chi connectivity index (χ0v) is 16.6. The van der Waals surface area contributed by atoms with Crippen molar-refractivity contribution >= 4 is 22.9 Å². The number of fused-ring (bicyclic) bond motifs is 2. The fourth-order valence-electron chi connectivity index (χ4n) is 4.07. The van der Waals surface area contributed by atoms with Gasteiger partial charge in [-0.25, -0.2) is 0 Å².